The van der Waals surface area contributed by atoms with Gasteiger partial charge in [0.1, 0.15) is 11.8 Å². The third kappa shape index (κ3) is 4.19. The zero-order valence-corrected chi connectivity index (χ0v) is 16.1. The number of methoxy groups -OCH3 is 1. The highest BCUT2D eigenvalue weighted by atomic mass is 16.5. The third-order valence-corrected chi connectivity index (χ3v) is 4.97. The molecule has 1 fully saturated rings. The van der Waals surface area contributed by atoms with Crippen molar-refractivity contribution in [3.8, 4) is 5.75 Å². The Morgan fingerprint density at radius 1 is 1.11 bits per heavy atom. The number of rotatable bonds is 5. The molecule has 0 amide bonds. The van der Waals surface area contributed by atoms with Crippen LogP contribution < -0.4 is 9.64 Å². The van der Waals surface area contributed by atoms with Gasteiger partial charge in [0.2, 0.25) is 5.95 Å². The molecule has 1 aromatic heterocycles. The molecule has 1 N–H and O–H groups in total. The number of carbonyl (C=O) groups is 1. The molecule has 7 heteroatoms. The monoisotopic (exact) mass is 370 g/mol. The smallest absolute Gasteiger partial charge is 0.325 e. The largest absolute Gasteiger partial charge is 0.496 e. The molecule has 1 atom stereocenters. The number of hydrogen-bond acceptors (Lipinski definition) is 6. The summed E-state index contributed by atoms with van der Waals surface area (Å²) < 4.78 is 5.42. The van der Waals surface area contributed by atoms with Crippen LogP contribution in [0.5, 0.6) is 5.75 Å². The maximum atomic E-state index is 12.1. The highest BCUT2D eigenvalue weighted by molar-refractivity contribution is 5.76. The molecule has 7 nitrogen and oxygen atoms in total. The van der Waals surface area contributed by atoms with E-state index in [1.54, 1.807) is 25.6 Å². The lowest BCUT2D eigenvalue weighted by molar-refractivity contribution is -0.143. The lowest BCUT2D eigenvalue weighted by Gasteiger charge is -2.28. The minimum absolute atomic E-state index is 0.638. The van der Waals surface area contributed by atoms with Gasteiger partial charge >= 0.3 is 5.97 Å². The molecule has 3 rings (SSSR count). The van der Waals surface area contributed by atoms with Gasteiger partial charge in [-0.25, -0.2) is 9.97 Å². The molecule has 0 radical (unpaired) electrons. The van der Waals surface area contributed by atoms with E-state index in [9.17, 15) is 9.90 Å². The van der Waals surface area contributed by atoms with Crippen molar-refractivity contribution in [2.24, 2.45) is 0 Å². The predicted octanol–water partition coefficient (Wildman–Crippen LogP) is 2.44. The summed E-state index contributed by atoms with van der Waals surface area (Å²) in [7, 11) is 1.64. The van der Waals surface area contributed by atoms with Crippen molar-refractivity contribution in [2.75, 3.05) is 38.2 Å². The predicted molar refractivity (Wildman–Crippen MR) is 103 cm³/mol. The molecule has 27 heavy (non-hydrogen) atoms. The zero-order valence-electron chi connectivity index (χ0n) is 16.1. The van der Waals surface area contributed by atoms with E-state index in [0.717, 1.165) is 35.4 Å². The normalized spacial score (nSPS) is 16.6. The van der Waals surface area contributed by atoms with Gasteiger partial charge in [0.05, 0.1) is 7.11 Å². The Labute approximate surface area is 159 Å². The van der Waals surface area contributed by atoms with Gasteiger partial charge < -0.3 is 14.7 Å². The van der Waals surface area contributed by atoms with E-state index < -0.39 is 12.0 Å². The van der Waals surface area contributed by atoms with Gasteiger partial charge in [0.15, 0.2) is 0 Å². The number of benzene rings is 1. The Kier molecular flexibility index (Phi) is 5.91. The fraction of sp³-hybridized carbons (Fsp3) is 0.450. The molecule has 0 saturated carbocycles. The van der Waals surface area contributed by atoms with Gasteiger partial charge in [-0.3, -0.25) is 9.69 Å². The molecular weight excluding hydrogens is 344 g/mol. The van der Waals surface area contributed by atoms with Gasteiger partial charge in [-0.15, -0.1) is 0 Å². The number of nitrogens with zero attached hydrogens (tertiary/aromatic N) is 4. The minimum atomic E-state index is -0.830. The minimum Gasteiger partial charge on any atom is -0.496 e. The standard InChI is InChI=1S/C20H26N4O3/c1-14-12-16(13-15(2)18(14)27-3)17(19(25)26)23-8-5-9-24(11-10-23)20-21-6-4-7-22-20/h4,6-7,12-13,17H,5,8-11H2,1-3H3,(H,25,26)/t17-/m1/s1. The van der Waals surface area contributed by atoms with Gasteiger partial charge in [-0.05, 0) is 43.0 Å². The second-order valence-electron chi connectivity index (χ2n) is 6.85. The summed E-state index contributed by atoms with van der Waals surface area (Å²) in [6.45, 7) is 6.76. The number of hydrogen-bond donors (Lipinski definition) is 1. The molecule has 1 aliphatic heterocycles. The Morgan fingerprint density at radius 2 is 1.78 bits per heavy atom. The van der Waals surface area contributed by atoms with Crippen LogP contribution in [0, 0.1) is 13.8 Å². The molecule has 1 saturated heterocycles. The van der Waals surface area contributed by atoms with Crippen molar-refractivity contribution < 1.29 is 14.6 Å². The molecule has 144 valence electrons. The van der Waals surface area contributed by atoms with Gasteiger partial charge in [-0.1, -0.05) is 12.1 Å². The summed E-state index contributed by atoms with van der Waals surface area (Å²) in [6, 6.07) is 4.97. The summed E-state index contributed by atoms with van der Waals surface area (Å²) in [6.07, 6.45) is 4.32. The van der Waals surface area contributed by atoms with E-state index in [-0.39, 0.29) is 0 Å². The van der Waals surface area contributed by atoms with Crippen molar-refractivity contribution in [1.82, 2.24) is 14.9 Å². The van der Waals surface area contributed by atoms with Crippen LogP contribution >= 0.6 is 0 Å². The van der Waals surface area contributed by atoms with E-state index in [4.69, 9.17) is 4.74 Å². The molecule has 0 bridgehead atoms. The topological polar surface area (TPSA) is 78.8 Å². The molecular formula is C20H26N4O3. The van der Waals surface area contributed by atoms with Crippen LogP contribution in [0.1, 0.15) is 29.2 Å². The lowest BCUT2D eigenvalue weighted by atomic mass is 9.99. The highest BCUT2D eigenvalue weighted by Crippen LogP contribution is 2.30. The average Bonchev–Trinajstić information content (AvgIpc) is 2.88. The van der Waals surface area contributed by atoms with Crippen LogP contribution in [0.25, 0.3) is 0 Å². The summed E-state index contributed by atoms with van der Waals surface area (Å²) in [5.41, 5.74) is 2.70. The van der Waals surface area contributed by atoms with Crippen LogP contribution in [0.2, 0.25) is 0 Å². The Morgan fingerprint density at radius 3 is 2.37 bits per heavy atom. The first-order valence-corrected chi connectivity index (χ1v) is 9.15. The van der Waals surface area contributed by atoms with E-state index in [1.165, 1.54) is 0 Å². The van der Waals surface area contributed by atoms with Gasteiger partial charge in [0, 0.05) is 38.6 Å². The molecule has 0 aliphatic carbocycles. The van der Waals surface area contributed by atoms with Gasteiger partial charge in [-0.2, -0.15) is 0 Å². The van der Waals surface area contributed by atoms with Crippen LogP contribution in [0.3, 0.4) is 0 Å². The first-order valence-electron chi connectivity index (χ1n) is 9.15. The Hall–Kier alpha value is -2.67. The number of carboxylic acid groups (broad SMARTS) is 1. The summed E-state index contributed by atoms with van der Waals surface area (Å²) in [5.74, 6) is 0.678. The Balaban J connectivity index is 1.83. The van der Waals surface area contributed by atoms with Crippen LogP contribution in [-0.4, -0.2) is 59.2 Å². The number of aromatic nitrogens is 2. The molecule has 0 unspecified atom stereocenters. The van der Waals surface area contributed by atoms with E-state index in [0.29, 0.717) is 25.6 Å². The second kappa shape index (κ2) is 8.35. The third-order valence-electron chi connectivity index (χ3n) is 4.97. The number of carboxylic acids is 1. The average molecular weight is 370 g/mol. The Bertz CT molecular complexity index is 774. The second-order valence-corrected chi connectivity index (χ2v) is 6.85. The van der Waals surface area contributed by atoms with Crippen LogP contribution in [0.15, 0.2) is 30.6 Å². The van der Waals surface area contributed by atoms with Crippen LogP contribution in [-0.2, 0) is 4.79 Å². The SMILES string of the molecule is COc1c(C)cc([C@H](C(=O)O)N2CCCN(c3ncccn3)CC2)cc1C. The molecule has 0 spiro atoms. The first-order chi connectivity index (χ1) is 13.0. The zero-order chi connectivity index (χ0) is 19.4. The fourth-order valence-electron chi connectivity index (χ4n) is 3.82. The summed E-state index contributed by atoms with van der Waals surface area (Å²) >= 11 is 0. The van der Waals surface area contributed by atoms with E-state index in [2.05, 4.69) is 14.9 Å². The van der Waals surface area contributed by atoms with Crippen molar-refractivity contribution in [3.05, 3.63) is 47.3 Å². The first kappa shape index (κ1) is 19.1. The number of ether oxygens (including phenoxy) is 1. The molecule has 2 aromatic rings. The number of aliphatic carboxylic acids is 1. The van der Waals surface area contributed by atoms with Crippen LogP contribution in [0.4, 0.5) is 5.95 Å². The van der Waals surface area contributed by atoms with Crippen molar-refractivity contribution >= 4 is 11.9 Å². The number of aryl methyl sites for hydroxylation is 2. The van der Waals surface area contributed by atoms with Crippen molar-refractivity contribution in [3.63, 3.8) is 0 Å². The van der Waals surface area contributed by atoms with Crippen molar-refractivity contribution in [2.45, 2.75) is 26.3 Å². The van der Waals surface area contributed by atoms with Crippen molar-refractivity contribution in [1.29, 1.82) is 0 Å². The number of anilines is 1. The quantitative estimate of drug-likeness (QED) is 0.866. The van der Waals surface area contributed by atoms with Gasteiger partial charge in [0.25, 0.3) is 0 Å². The maximum Gasteiger partial charge on any atom is 0.325 e. The molecule has 1 aromatic carbocycles. The molecule has 2 heterocycles. The highest BCUT2D eigenvalue weighted by Gasteiger charge is 2.30. The molecule has 1 aliphatic rings. The lowest BCUT2D eigenvalue weighted by Crippen LogP contribution is -2.37. The summed E-state index contributed by atoms with van der Waals surface area (Å²) in [5, 5.41) is 9.95. The summed E-state index contributed by atoms with van der Waals surface area (Å²) in [4.78, 5) is 24.9. The maximum absolute atomic E-state index is 12.1. The fourth-order valence-corrected chi connectivity index (χ4v) is 3.82. The van der Waals surface area contributed by atoms with E-state index >= 15 is 0 Å². The van der Waals surface area contributed by atoms with E-state index in [1.807, 2.05) is 30.9 Å².